The van der Waals surface area contributed by atoms with Crippen LogP contribution in [0.3, 0.4) is 0 Å². The summed E-state index contributed by atoms with van der Waals surface area (Å²) in [5.41, 5.74) is 1.20. The maximum absolute atomic E-state index is 11.6. The van der Waals surface area contributed by atoms with Crippen LogP contribution in [0.1, 0.15) is 46.0 Å². The maximum atomic E-state index is 11.6. The Morgan fingerprint density at radius 2 is 1.95 bits per heavy atom. The molecule has 0 aliphatic heterocycles. The molecule has 6 nitrogen and oxygen atoms in total. The molecule has 0 unspecified atom stereocenters. The number of hydrogen-bond acceptors (Lipinski definition) is 6. The van der Waals surface area contributed by atoms with Crippen LogP contribution >= 0.6 is 12.6 Å². The molecule has 0 rings (SSSR count). The number of amides is 1. The van der Waals surface area contributed by atoms with Crippen LogP contribution in [0.2, 0.25) is 0 Å². The minimum absolute atomic E-state index is 0.142. The predicted molar refractivity (Wildman–Crippen MR) is 75.8 cm³/mol. The highest BCUT2D eigenvalue weighted by molar-refractivity contribution is 7.80. The predicted octanol–water partition coefficient (Wildman–Crippen LogP) is 1.79. The summed E-state index contributed by atoms with van der Waals surface area (Å²) in [6.07, 6.45) is 2.90. The molecule has 0 radical (unpaired) electrons. The molecule has 0 heterocycles. The normalized spacial score (nSPS) is 10.9. The van der Waals surface area contributed by atoms with Crippen molar-refractivity contribution in [2.75, 3.05) is 12.4 Å². The van der Waals surface area contributed by atoms with E-state index in [1.54, 1.807) is 13.8 Å². The van der Waals surface area contributed by atoms with Gasteiger partial charge in [0.2, 0.25) is 0 Å². The van der Waals surface area contributed by atoms with Crippen molar-refractivity contribution in [3.8, 4) is 0 Å². The molecule has 0 fully saturated rings. The van der Waals surface area contributed by atoms with Gasteiger partial charge in [-0.2, -0.15) is 12.6 Å². The van der Waals surface area contributed by atoms with E-state index in [1.807, 2.05) is 5.43 Å². The van der Waals surface area contributed by atoms with Gasteiger partial charge in [0.05, 0.1) is 6.61 Å². The van der Waals surface area contributed by atoms with E-state index in [1.165, 1.54) is 0 Å². The number of carbonyl (C=O) groups is 2. The lowest BCUT2D eigenvalue weighted by Crippen LogP contribution is -2.34. The van der Waals surface area contributed by atoms with Gasteiger partial charge in [-0.3, -0.25) is 10.2 Å². The second-order valence-corrected chi connectivity index (χ2v) is 5.25. The first-order valence-corrected chi connectivity index (χ1v) is 7.00. The minimum Gasteiger partial charge on any atom is -0.460 e. The molecule has 0 aliphatic rings. The fourth-order valence-electron chi connectivity index (χ4n) is 1.40. The highest BCUT2D eigenvalue weighted by Crippen LogP contribution is 2.16. The van der Waals surface area contributed by atoms with E-state index in [0.29, 0.717) is 12.8 Å². The average molecular weight is 292 g/mol. The van der Waals surface area contributed by atoms with Crippen LogP contribution < -0.4 is 11.3 Å². The molecule has 0 aromatic rings. The van der Waals surface area contributed by atoms with Gasteiger partial charge in [-0.15, -0.1) is 0 Å². The fourth-order valence-corrected chi connectivity index (χ4v) is 1.62. The zero-order valence-corrected chi connectivity index (χ0v) is 12.5. The summed E-state index contributed by atoms with van der Waals surface area (Å²) in [5.74, 6) is 5.47. The van der Waals surface area contributed by atoms with Gasteiger partial charge in [-0.1, -0.05) is 6.42 Å². The molecule has 0 aromatic heterocycles. The Morgan fingerprint density at radius 1 is 1.26 bits per heavy atom. The number of ether oxygens (including phenoxy) is 2. The van der Waals surface area contributed by atoms with E-state index in [-0.39, 0.29) is 12.6 Å². The molecular formula is C12H24N2O4S. The Morgan fingerprint density at radius 3 is 2.53 bits per heavy atom. The number of carbonyl (C=O) groups excluding carboxylic acids is 2. The molecule has 1 amide bonds. The lowest BCUT2D eigenvalue weighted by Gasteiger charge is -2.24. The van der Waals surface area contributed by atoms with Crippen LogP contribution in [0.4, 0.5) is 4.79 Å². The van der Waals surface area contributed by atoms with Gasteiger partial charge in [0.15, 0.2) is 0 Å². The van der Waals surface area contributed by atoms with Crippen molar-refractivity contribution in [2.24, 2.45) is 5.84 Å². The van der Waals surface area contributed by atoms with E-state index in [4.69, 9.17) is 15.3 Å². The monoisotopic (exact) mass is 292 g/mol. The van der Waals surface area contributed by atoms with Crippen molar-refractivity contribution in [3.63, 3.8) is 0 Å². The van der Waals surface area contributed by atoms with Crippen molar-refractivity contribution in [2.45, 2.75) is 51.6 Å². The lowest BCUT2D eigenvalue weighted by atomic mass is 10.1. The van der Waals surface area contributed by atoms with Gasteiger partial charge < -0.3 is 9.47 Å². The SMILES string of the molecule is CC(C)(CCOC(=O)NN)OC(=O)CCCCCS. The standard InChI is InChI=1S/C12H24N2O4S/c1-12(2,7-8-17-11(16)14-13)18-10(15)6-4-3-5-9-19/h19H,3-9,13H2,1-2H3,(H,14,16). The zero-order chi connectivity index (χ0) is 14.7. The number of nitrogens with one attached hydrogen (secondary N) is 1. The summed E-state index contributed by atoms with van der Waals surface area (Å²) >= 11 is 4.11. The Hall–Kier alpha value is -0.950. The molecular weight excluding hydrogens is 268 g/mol. The van der Waals surface area contributed by atoms with E-state index >= 15 is 0 Å². The molecule has 3 N–H and O–H groups in total. The molecule has 0 bridgehead atoms. The first kappa shape index (κ1) is 18.0. The molecule has 19 heavy (non-hydrogen) atoms. The van der Waals surface area contributed by atoms with Crippen molar-refractivity contribution in [1.82, 2.24) is 5.43 Å². The Labute approximate surface area is 119 Å². The zero-order valence-electron chi connectivity index (χ0n) is 11.6. The number of hydrazine groups is 1. The second kappa shape index (κ2) is 9.91. The van der Waals surface area contributed by atoms with Crippen LogP contribution in [-0.4, -0.2) is 30.0 Å². The molecule has 0 saturated carbocycles. The van der Waals surface area contributed by atoms with Crippen molar-refractivity contribution in [3.05, 3.63) is 0 Å². The van der Waals surface area contributed by atoms with Gasteiger partial charge in [0, 0.05) is 12.8 Å². The summed E-state index contributed by atoms with van der Waals surface area (Å²) in [4.78, 5) is 22.3. The van der Waals surface area contributed by atoms with Crippen molar-refractivity contribution < 1.29 is 19.1 Å². The first-order chi connectivity index (χ1) is 8.91. The van der Waals surface area contributed by atoms with Gasteiger partial charge in [0.1, 0.15) is 5.60 Å². The van der Waals surface area contributed by atoms with E-state index in [2.05, 4.69) is 12.6 Å². The number of thiol groups is 1. The molecule has 112 valence electrons. The molecule has 0 atom stereocenters. The summed E-state index contributed by atoms with van der Waals surface area (Å²) < 4.78 is 10.1. The van der Waals surface area contributed by atoms with Crippen LogP contribution in [0.5, 0.6) is 0 Å². The highest BCUT2D eigenvalue weighted by atomic mass is 32.1. The third-order valence-corrected chi connectivity index (χ3v) is 2.80. The first-order valence-electron chi connectivity index (χ1n) is 6.37. The third-order valence-electron chi connectivity index (χ3n) is 2.48. The lowest BCUT2D eigenvalue weighted by molar-refractivity contribution is -0.157. The topological polar surface area (TPSA) is 90.7 Å². The minimum atomic E-state index is -0.700. The molecule has 0 spiro atoms. The van der Waals surface area contributed by atoms with Gasteiger partial charge in [-0.05, 0) is 32.4 Å². The maximum Gasteiger partial charge on any atom is 0.421 e. The Balaban J connectivity index is 3.80. The largest absolute Gasteiger partial charge is 0.460 e. The summed E-state index contributed by atoms with van der Waals surface area (Å²) in [7, 11) is 0. The van der Waals surface area contributed by atoms with Gasteiger partial charge >= 0.3 is 12.1 Å². The Bertz CT molecular complexity index is 285. The third kappa shape index (κ3) is 10.6. The number of hydrogen-bond donors (Lipinski definition) is 3. The Kier molecular flexibility index (Phi) is 9.42. The summed E-state index contributed by atoms with van der Waals surface area (Å²) in [5, 5.41) is 0. The number of nitrogens with two attached hydrogens (primary N) is 1. The van der Waals surface area contributed by atoms with Crippen molar-refractivity contribution >= 4 is 24.7 Å². The summed E-state index contributed by atoms with van der Waals surface area (Å²) in [6, 6.07) is 0. The fraction of sp³-hybridized carbons (Fsp3) is 0.833. The average Bonchev–Trinajstić information content (AvgIpc) is 2.33. The van der Waals surface area contributed by atoms with Gasteiger partial charge in [-0.25, -0.2) is 10.6 Å². The van der Waals surface area contributed by atoms with Crippen molar-refractivity contribution in [1.29, 1.82) is 0 Å². The number of esters is 1. The molecule has 0 aromatic carbocycles. The van der Waals surface area contributed by atoms with Crippen LogP contribution in [0.15, 0.2) is 0 Å². The molecule has 7 heteroatoms. The molecule has 0 saturated heterocycles. The molecule has 0 aliphatic carbocycles. The van der Waals surface area contributed by atoms with Crippen LogP contribution in [0, 0.1) is 0 Å². The van der Waals surface area contributed by atoms with Gasteiger partial charge in [0.25, 0.3) is 0 Å². The van der Waals surface area contributed by atoms with Crippen LogP contribution in [0.25, 0.3) is 0 Å². The highest BCUT2D eigenvalue weighted by Gasteiger charge is 2.23. The van der Waals surface area contributed by atoms with E-state index < -0.39 is 11.7 Å². The van der Waals surface area contributed by atoms with E-state index in [0.717, 1.165) is 25.0 Å². The van der Waals surface area contributed by atoms with Crippen LogP contribution in [-0.2, 0) is 14.3 Å². The quantitative estimate of drug-likeness (QED) is 0.150. The second-order valence-electron chi connectivity index (χ2n) is 4.80. The van der Waals surface area contributed by atoms with E-state index in [9.17, 15) is 9.59 Å². The smallest absolute Gasteiger partial charge is 0.421 e. The number of unbranched alkanes of at least 4 members (excludes halogenated alkanes) is 2. The summed E-state index contributed by atoms with van der Waals surface area (Å²) in [6.45, 7) is 3.70. The number of rotatable bonds is 9.